The third-order valence-electron chi connectivity index (χ3n) is 6.62. The van der Waals surface area contributed by atoms with E-state index in [-0.39, 0.29) is 23.7 Å². The molecular formula is C21H32N4O4. The lowest BCUT2D eigenvalue weighted by molar-refractivity contribution is -0.137. The van der Waals surface area contributed by atoms with Crippen molar-refractivity contribution in [1.82, 2.24) is 19.9 Å². The first-order valence-corrected chi connectivity index (χ1v) is 11.0. The maximum Gasteiger partial charge on any atom is 0.233 e. The van der Waals surface area contributed by atoms with E-state index in [0.717, 1.165) is 12.8 Å². The first-order chi connectivity index (χ1) is 14.1. The Hall–Kier alpha value is -1.96. The number of likely N-dealkylation sites (tertiary alicyclic amines) is 1. The van der Waals surface area contributed by atoms with E-state index < -0.39 is 0 Å². The van der Waals surface area contributed by atoms with Gasteiger partial charge in [0, 0.05) is 58.7 Å². The number of amides is 2. The second-order valence-corrected chi connectivity index (χ2v) is 8.80. The van der Waals surface area contributed by atoms with Crippen LogP contribution in [-0.4, -0.2) is 71.7 Å². The molecule has 1 aliphatic carbocycles. The maximum absolute atomic E-state index is 12.5. The van der Waals surface area contributed by atoms with Crippen LogP contribution < -0.4 is 0 Å². The van der Waals surface area contributed by atoms with Gasteiger partial charge in [-0.25, -0.2) is 0 Å². The lowest BCUT2D eigenvalue weighted by atomic mass is 9.97. The minimum Gasteiger partial charge on any atom is -0.381 e. The molecule has 0 aromatic carbocycles. The predicted molar refractivity (Wildman–Crippen MR) is 105 cm³/mol. The van der Waals surface area contributed by atoms with Crippen LogP contribution in [0.4, 0.5) is 0 Å². The molecule has 0 bridgehead atoms. The molecule has 3 heterocycles. The quantitative estimate of drug-likeness (QED) is 0.691. The van der Waals surface area contributed by atoms with Gasteiger partial charge in [-0.1, -0.05) is 18.0 Å². The lowest BCUT2D eigenvalue weighted by Gasteiger charge is -2.37. The van der Waals surface area contributed by atoms with Gasteiger partial charge in [-0.15, -0.1) is 0 Å². The number of rotatable bonds is 7. The van der Waals surface area contributed by atoms with Crippen molar-refractivity contribution in [2.24, 2.45) is 11.8 Å². The molecule has 1 aromatic rings. The van der Waals surface area contributed by atoms with Crippen LogP contribution in [0.15, 0.2) is 4.52 Å². The van der Waals surface area contributed by atoms with Crippen LogP contribution in [0.3, 0.4) is 0 Å². The molecule has 160 valence electrons. The zero-order valence-corrected chi connectivity index (χ0v) is 17.3. The molecule has 0 radical (unpaired) electrons. The number of aromatic nitrogens is 2. The average Bonchev–Trinajstić information content (AvgIpc) is 3.37. The standard InChI is InChI=1S/C21H32N4O4/c1-24(21(27)16-7-10-28-11-8-16)9-6-18-22-20(29-23-18)17-13-25(14-17)19(26)12-15-4-2-3-5-15/h15-17H,2-14H2,1H3. The minimum atomic E-state index is 0.0670. The second-order valence-electron chi connectivity index (χ2n) is 8.80. The van der Waals surface area contributed by atoms with Crippen LogP contribution in [-0.2, 0) is 20.7 Å². The van der Waals surface area contributed by atoms with Gasteiger partial charge in [0.2, 0.25) is 17.7 Å². The zero-order chi connectivity index (χ0) is 20.2. The number of nitrogens with zero attached hydrogens (tertiary/aromatic N) is 4. The molecule has 1 saturated carbocycles. The van der Waals surface area contributed by atoms with Crippen molar-refractivity contribution in [3.05, 3.63) is 11.7 Å². The predicted octanol–water partition coefficient (Wildman–Crippen LogP) is 2.00. The summed E-state index contributed by atoms with van der Waals surface area (Å²) >= 11 is 0. The fourth-order valence-corrected chi connectivity index (χ4v) is 4.60. The molecule has 2 saturated heterocycles. The van der Waals surface area contributed by atoms with Gasteiger partial charge >= 0.3 is 0 Å². The van der Waals surface area contributed by atoms with Gasteiger partial charge in [0.05, 0.1) is 5.92 Å². The summed E-state index contributed by atoms with van der Waals surface area (Å²) in [6.07, 6.45) is 7.78. The van der Waals surface area contributed by atoms with E-state index in [4.69, 9.17) is 9.26 Å². The molecule has 8 heteroatoms. The summed E-state index contributed by atoms with van der Waals surface area (Å²) in [5.74, 6) is 2.47. The third kappa shape index (κ3) is 4.97. The highest BCUT2D eigenvalue weighted by molar-refractivity contribution is 5.78. The Morgan fingerprint density at radius 1 is 1.14 bits per heavy atom. The van der Waals surface area contributed by atoms with Crippen molar-refractivity contribution in [2.45, 2.75) is 57.3 Å². The van der Waals surface area contributed by atoms with Crippen LogP contribution in [0.1, 0.15) is 62.6 Å². The molecule has 1 aromatic heterocycles. The smallest absolute Gasteiger partial charge is 0.233 e. The molecule has 8 nitrogen and oxygen atoms in total. The van der Waals surface area contributed by atoms with Crippen molar-refractivity contribution in [2.75, 3.05) is 39.9 Å². The van der Waals surface area contributed by atoms with E-state index in [0.29, 0.717) is 63.3 Å². The van der Waals surface area contributed by atoms with E-state index in [1.54, 1.807) is 4.90 Å². The number of ether oxygens (including phenoxy) is 1. The summed E-state index contributed by atoms with van der Waals surface area (Å²) in [5, 5.41) is 4.07. The van der Waals surface area contributed by atoms with E-state index in [2.05, 4.69) is 10.1 Å². The van der Waals surface area contributed by atoms with Crippen LogP contribution in [0.5, 0.6) is 0 Å². The molecule has 3 aliphatic rings. The van der Waals surface area contributed by atoms with Crippen molar-refractivity contribution < 1.29 is 18.8 Å². The molecule has 4 rings (SSSR count). The van der Waals surface area contributed by atoms with Crippen molar-refractivity contribution in [3.63, 3.8) is 0 Å². The van der Waals surface area contributed by atoms with E-state index in [1.165, 1.54) is 25.7 Å². The molecule has 0 spiro atoms. The highest BCUT2D eigenvalue weighted by Gasteiger charge is 2.36. The Morgan fingerprint density at radius 2 is 1.86 bits per heavy atom. The zero-order valence-electron chi connectivity index (χ0n) is 17.3. The summed E-state index contributed by atoms with van der Waals surface area (Å²) in [4.78, 5) is 33.0. The Balaban J connectivity index is 1.19. The van der Waals surface area contributed by atoms with Gasteiger partial charge < -0.3 is 19.1 Å². The van der Waals surface area contributed by atoms with Gasteiger partial charge in [-0.3, -0.25) is 9.59 Å². The molecule has 2 aliphatic heterocycles. The van der Waals surface area contributed by atoms with Crippen LogP contribution in [0.25, 0.3) is 0 Å². The molecule has 0 atom stereocenters. The number of carbonyl (C=O) groups excluding carboxylic acids is 2. The molecule has 29 heavy (non-hydrogen) atoms. The number of likely N-dealkylation sites (N-methyl/N-ethyl adjacent to an activating group) is 1. The van der Waals surface area contributed by atoms with Crippen molar-refractivity contribution in [1.29, 1.82) is 0 Å². The van der Waals surface area contributed by atoms with Gasteiger partial charge in [-0.05, 0) is 31.6 Å². The topological polar surface area (TPSA) is 88.8 Å². The highest BCUT2D eigenvalue weighted by atomic mass is 16.5. The third-order valence-corrected chi connectivity index (χ3v) is 6.62. The van der Waals surface area contributed by atoms with Crippen LogP contribution in [0.2, 0.25) is 0 Å². The summed E-state index contributed by atoms with van der Waals surface area (Å²) in [6.45, 7) is 3.26. The molecule has 0 N–H and O–H groups in total. The SMILES string of the molecule is CN(CCc1noc(C2CN(C(=O)CC3CCCC3)C2)n1)C(=O)C1CCOCC1. The van der Waals surface area contributed by atoms with Crippen LogP contribution in [0, 0.1) is 11.8 Å². The number of hydrogen-bond donors (Lipinski definition) is 0. The maximum atomic E-state index is 12.5. The summed E-state index contributed by atoms with van der Waals surface area (Å²) in [6, 6.07) is 0. The monoisotopic (exact) mass is 404 g/mol. The van der Waals surface area contributed by atoms with E-state index >= 15 is 0 Å². The van der Waals surface area contributed by atoms with Crippen molar-refractivity contribution >= 4 is 11.8 Å². The molecule has 0 unspecified atom stereocenters. The largest absolute Gasteiger partial charge is 0.381 e. The van der Waals surface area contributed by atoms with E-state index in [1.807, 2.05) is 11.9 Å². The average molecular weight is 405 g/mol. The Kier molecular flexibility index (Phi) is 6.47. The first kappa shape index (κ1) is 20.3. The number of hydrogen-bond acceptors (Lipinski definition) is 6. The first-order valence-electron chi connectivity index (χ1n) is 11.0. The lowest BCUT2D eigenvalue weighted by Crippen LogP contribution is -2.49. The fraction of sp³-hybridized carbons (Fsp3) is 0.810. The Labute approximate surface area is 171 Å². The molecule has 2 amide bonds. The molecular weight excluding hydrogens is 372 g/mol. The van der Waals surface area contributed by atoms with Gasteiger partial charge in [0.1, 0.15) is 0 Å². The van der Waals surface area contributed by atoms with Gasteiger partial charge in [0.25, 0.3) is 0 Å². The minimum absolute atomic E-state index is 0.0670. The summed E-state index contributed by atoms with van der Waals surface area (Å²) in [5.41, 5.74) is 0. The number of carbonyl (C=O) groups is 2. The van der Waals surface area contributed by atoms with Crippen molar-refractivity contribution in [3.8, 4) is 0 Å². The second kappa shape index (κ2) is 9.24. The Morgan fingerprint density at radius 3 is 2.59 bits per heavy atom. The summed E-state index contributed by atoms with van der Waals surface area (Å²) in [7, 11) is 1.83. The van der Waals surface area contributed by atoms with Gasteiger partial charge in [0.15, 0.2) is 5.82 Å². The highest BCUT2D eigenvalue weighted by Crippen LogP contribution is 2.31. The normalized spacial score (nSPS) is 21.3. The molecule has 3 fully saturated rings. The van der Waals surface area contributed by atoms with Crippen LogP contribution >= 0.6 is 0 Å². The van der Waals surface area contributed by atoms with Gasteiger partial charge in [-0.2, -0.15) is 4.98 Å². The Bertz CT molecular complexity index is 703. The van der Waals surface area contributed by atoms with E-state index in [9.17, 15) is 9.59 Å². The summed E-state index contributed by atoms with van der Waals surface area (Å²) < 4.78 is 10.7. The fourth-order valence-electron chi connectivity index (χ4n) is 4.60.